The Hall–Kier alpha value is -0.120. The van der Waals surface area contributed by atoms with Crippen LogP contribution in [0.1, 0.15) is 65.2 Å². The van der Waals surface area contributed by atoms with Gasteiger partial charge in [-0.3, -0.25) is 0 Å². The van der Waals surface area contributed by atoms with E-state index in [2.05, 4.69) is 24.1 Å². The van der Waals surface area contributed by atoms with E-state index in [0.29, 0.717) is 0 Å². The second kappa shape index (κ2) is 7.77. The summed E-state index contributed by atoms with van der Waals surface area (Å²) in [7, 11) is 0. The highest BCUT2D eigenvalue weighted by Gasteiger charge is 2.34. The number of rotatable bonds is 7. The van der Waals surface area contributed by atoms with Crippen molar-refractivity contribution in [1.82, 2.24) is 10.2 Å². The third-order valence-electron chi connectivity index (χ3n) is 5.46. The Morgan fingerprint density at radius 2 is 1.95 bits per heavy atom. The summed E-state index contributed by atoms with van der Waals surface area (Å²) in [5.41, 5.74) is -0.0996. The molecule has 2 fully saturated rings. The average molecular weight is 282 g/mol. The van der Waals surface area contributed by atoms with Gasteiger partial charge in [0.1, 0.15) is 0 Å². The van der Waals surface area contributed by atoms with Crippen molar-refractivity contribution in [3.8, 4) is 0 Å². The Kier molecular flexibility index (Phi) is 6.31. The van der Waals surface area contributed by atoms with E-state index >= 15 is 0 Å². The first-order valence-corrected chi connectivity index (χ1v) is 8.78. The minimum atomic E-state index is -0.0996. The highest BCUT2D eigenvalue weighted by Crippen LogP contribution is 2.35. The molecule has 0 aromatic carbocycles. The molecular weight excluding hydrogens is 248 g/mol. The molecule has 3 nitrogen and oxygen atoms in total. The molecule has 118 valence electrons. The van der Waals surface area contributed by atoms with Crippen LogP contribution < -0.4 is 5.32 Å². The summed E-state index contributed by atoms with van der Waals surface area (Å²) in [5, 5.41) is 13.2. The summed E-state index contributed by atoms with van der Waals surface area (Å²) in [6.45, 7) is 8.02. The van der Waals surface area contributed by atoms with Gasteiger partial charge in [0, 0.05) is 18.1 Å². The molecule has 1 aliphatic heterocycles. The summed E-state index contributed by atoms with van der Waals surface area (Å²) in [5.74, 6) is 0.960. The van der Waals surface area contributed by atoms with Crippen molar-refractivity contribution in [1.29, 1.82) is 0 Å². The Morgan fingerprint density at radius 1 is 1.20 bits per heavy atom. The van der Waals surface area contributed by atoms with Crippen molar-refractivity contribution in [2.75, 3.05) is 26.2 Å². The maximum atomic E-state index is 9.69. The zero-order valence-electron chi connectivity index (χ0n) is 13.5. The fraction of sp³-hybridized carbons (Fsp3) is 1.00. The molecule has 0 bridgehead atoms. The van der Waals surface area contributed by atoms with Gasteiger partial charge in [-0.1, -0.05) is 19.8 Å². The zero-order valence-corrected chi connectivity index (χ0v) is 13.5. The molecule has 2 rings (SSSR count). The van der Waals surface area contributed by atoms with Crippen LogP contribution in [-0.2, 0) is 0 Å². The number of aliphatic hydroxyl groups excluding tert-OH is 1. The Morgan fingerprint density at radius 3 is 2.70 bits per heavy atom. The van der Waals surface area contributed by atoms with Crippen LogP contribution in [0.25, 0.3) is 0 Å². The van der Waals surface area contributed by atoms with Gasteiger partial charge in [0.2, 0.25) is 0 Å². The molecule has 0 aromatic heterocycles. The molecule has 1 saturated heterocycles. The Bertz CT molecular complexity index is 282. The van der Waals surface area contributed by atoms with Crippen LogP contribution >= 0.6 is 0 Å². The maximum Gasteiger partial charge on any atom is 0.0611 e. The Balaban J connectivity index is 1.84. The van der Waals surface area contributed by atoms with Gasteiger partial charge in [-0.15, -0.1) is 0 Å². The molecule has 0 aromatic rings. The van der Waals surface area contributed by atoms with E-state index in [0.717, 1.165) is 37.9 Å². The minimum absolute atomic E-state index is 0.0996. The summed E-state index contributed by atoms with van der Waals surface area (Å²) in [6, 6.07) is 0.839. The van der Waals surface area contributed by atoms with E-state index < -0.39 is 0 Å². The van der Waals surface area contributed by atoms with Gasteiger partial charge >= 0.3 is 0 Å². The third kappa shape index (κ3) is 4.19. The molecule has 0 spiro atoms. The number of likely N-dealkylation sites (tertiary alicyclic amines) is 1. The van der Waals surface area contributed by atoms with Crippen LogP contribution in [0.4, 0.5) is 0 Å². The Labute approximate surface area is 125 Å². The number of fused-ring (bicyclic) bond motifs is 1. The summed E-state index contributed by atoms with van der Waals surface area (Å²) in [6.07, 6.45) is 10.7. The number of hydrogen-bond donors (Lipinski definition) is 2. The van der Waals surface area contributed by atoms with Crippen LogP contribution in [0, 0.1) is 5.92 Å². The van der Waals surface area contributed by atoms with Crippen molar-refractivity contribution in [3.63, 3.8) is 0 Å². The highest BCUT2D eigenvalue weighted by atomic mass is 16.3. The zero-order chi connectivity index (χ0) is 14.4. The predicted molar refractivity (Wildman–Crippen MR) is 85.0 cm³/mol. The van der Waals surface area contributed by atoms with Crippen LogP contribution in [0.15, 0.2) is 0 Å². The van der Waals surface area contributed by atoms with E-state index in [9.17, 15) is 5.11 Å². The molecule has 1 saturated carbocycles. The van der Waals surface area contributed by atoms with Crippen molar-refractivity contribution in [2.45, 2.75) is 76.8 Å². The van der Waals surface area contributed by atoms with Crippen molar-refractivity contribution in [2.24, 2.45) is 5.92 Å². The molecule has 0 amide bonds. The fourth-order valence-electron chi connectivity index (χ4n) is 4.05. The van der Waals surface area contributed by atoms with Gasteiger partial charge in [0.15, 0.2) is 0 Å². The van der Waals surface area contributed by atoms with Crippen LogP contribution in [0.2, 0.25) is 0 Å². The summed E-state index contributed by atoms with van der Waals surface area (Å²) >= 11 is 0. The van der Waals surface area contributed by atoms with E-state index in [1.165, 1.54) is 45.1 Å². The first kappa shape index (κ1) is 16.3. The molecule has 1 unspecified atom stereocenters. The van der Waals surface area contributed by atoms with Gasteiger partial charge in [-0.05, 0) is 64.5 Å². The molecule has 3 heteroatoms. The van der Waals surface area contributed by atoms with Crippen LogP contribution in [0.5, 0.6) is 0 Å². The average Bonchev–Trinajstić information content (AvgIpc) is 2.51. The van der Waals surface area contributed by atoms with E-state index in [4.69, 9.17) is 0 Å². The van der Waals surface area contributed by atoms with E-state index in [1.54, 1.807) is 0 Å². The van der Waals surface area contributed by atoms with Gasteiger partial charge in [-0.2, -0.15) is 0 Å². The van der Waals surface area contributed by atoms with Crippen LogP contribution in [0.3, 0.4) is 0 Å². The van der Waals surface area contributed by atoms with Gasteiger partial charge in [-0.25, -0.2) is 0 Å². The quantitative estimate of drug-likeness (QED) is 0.754. The fourth-order valence-corrected chi connectivity index (χ4v) is 4.05. The number of hydrogen-bond acceptors (Lipinski definition) is 3. The van der Waals surface area contributed by atoms with Crippen molar-refractivity contribution < 1.29 is 5.11 Å². The standard InChI is InChI=1S/C17H34N2O/c1-3-11-18-17(2,14-20)10-13-19-12-6-8-15-7-4-5-9-16(15)19/h15-16,18,20H,3-14H2,1-2H3/t15-,16-,17?/m1/s1. The normalized spacial score (nSPS) is 30.8. The number of nitrogens with one attached hydrogen (secondary N) is 1. The lowest BCUT2D eigenvalue weighted by atomic mass is 9.78. The lowest BCUT2D eigenvalue weighted by Crippen LogP contribution is -2.52. The minimum Gasteiger partial charge on any atom is -0.394 e. The topological polar surface area (TPSA) is 35.5 Å². The molecule has 2 N–H and O–H groups in total. The summed E-state index contributed by atoms with van der Waals surface area (Å²) < 4.78 is 0. The van der Waals surface area contributed by atoms with Crippen molar-refractivity contribution >= 4 is 0 Å². The molecular formula is C17H34N2O. The SMILES string of the molecule is CCCNC(C)(CO)CCN1CCC[C@H]2CCCC[C@H]21. The largest absolute Gasteiger partial charge is 0.394 e. The molecule has 2 aliphatic rings. The maximum absolute atomic E-state index is 9.69. The van der Waals surface area contributed by atoms with E-state index in [1.807, 2.05) is 0 Å². The third-order valence-corrected chi connectivity index (χ3v) is 5.46. The summed E-state index contributed by atoms with van der Waals surface area (Å²) in [4.78, 5) is 2.73. The second-order valence-electron chi connectivity index (χ2n) is 7.19. The van der Waals surface area contributed by atoms with Crippen LogP contribution in [-0.4, -0.2) is 47.8 Å². The second-order valence-corrected chi connectivity index (χ2v) is 7.19. The first-order chi connectivity index (χ1) is 9.68. The molecule has 3 atom stereocenters. The number of aliphatic hydroxyl groups is 1. The lowest BCUT2D eigenvalue weighted by molar-refractivity contribution is 0.0477. The van der Waals surface area contributed by atoms with Crippen molar-refractivity contribution in [3.05, 3.63) is 0 Å². The molecule has 1 heterocycles. The number of piperidine rings is 1. The van der Waals surface area contributed by atoms with Gasteiger partial charge < -0.3 is 15.3 Å². The molecule has 20 heavy (non-hydrogen) atoms. The molecule has 1 aliphatic carbocycles. The number of nitrogens with zero attached hydrogens (tertiary/aromatic N) is 1. The highest BCUT2D eigenvalue weighted by molar-refractivity contribution is 4.90. The van der Waals surface area contributed by atoms with E-state index in [-0.39, 0.29) is 12.1 Å². The lowest BCUT2D eigenvalue weighted by Gasteiger charge is -2.45. The smallest absolute Gasteiger partial charge is 0.0611 e. The first-order valence-electron chi connectivity index (χ1n) is 8.78. The monoisotopic (exact) mass is 282 g/mol. The molecule has 0 radical (unpaired) electrons. The van der Waals surface area contributed by atoms with Gasteiger partial charge in [0.25, 0.3) is 0 Å². The van der Waals surface area contributed by atoms with Gasteiger partial charge in [0.05, 0.1) is 6.61 Å². The predicted octanol–water partition coefficient (Wildman–Crippen LogP) is 2.78.